The maximum Gasteiger partial charge on any atom is 0.262 e. The Labute approximate surface area is 193 Å². The lowest BCUT2D eigenvalue weighted by Crippen LogP contribution is -2.20. The van der Waals surface area contributed by atoms with Gasteiger partial charge in [-0.25, -0.2) is 4.98 Å². The third-order valence-electron chi connectivity index (χ3n) is 4.31. The molecule has 4 rings (SSSR count). The lowest BCUT2D eigenvalue weighted by atomic mass is 10.3. The number of carbonyl (C=O) groups is 1. The van der Waals surface area contributed by atoms with E-state index in [2.05, 4.69) is 20.5 Å². The van der Waals surface area contributed by atoms with Gasteiger partial charge in [-0.1, -0.05) is 23.2 Å². The summed E-state index contributed by atoms with van der Waals surface area (Å²) in [5, 5.41) is 11.8. The highest BCUT2D eigenvalue weighted by atomic mass is 35.5. The molecule has 0 radical (unpaired) electrons. The Kier molecular flexibility index (Phi) is 6.53. The van der Waals surface area contributed by atoms with Crippen molar-refractivity contribution >= 4 is 34.8 Å². The van der Waals surface area contributed by atoms with Crippen molar-refractivity contribution in [3.05, 3.63) is 82.9 Å². The van der Waals surface area contributed by atoms with Gasteiger partial charge in [-0.05, 0) is 55.5 Å². The van der Waals surface area contributed by atoms with Crippen LogP contribution in [-0.2, 0) is 4.79 Å². The summed E-state index contributed by atoms with van der Waals surface area (Å²) in [5.41, 5.74) is 0.588. The van der Waals surface area contributed by atoms with Crippen molar-refractivity contribution in [3.8, 4) is 23.2 Å². The fourth-order valence-electron chi connectivity index (χ4n) is 2.78. The lowest BCUT2D eigenvalue weighted by molar-refractivity contribution is -0.118. The number of imidazole rings is 1. The van der Waals surface area contributed by atoms with Crippen LogP contribution in [0.3, 0.4) is 0 Å². The fraction of sp³-hybridized carbons (Fsp3) is 0.0909. The van der Waals surface area contributed by atoms with Crippen LogP contribution in [0, 0.1) is 6.92 Å². The van der Waals surface area contributed by atoms with E-state index in [9.17, 15) is 4.79 Å². The molecular weight excluding hydrogens is 453 g/mol. The smallest absolute Gasteiger partial charge is 0.262 e. The number of hydrogen-bond acceptors (Lipinski definition) is 6. The number of aryl methyl sites for hydroxylation is 1. The molecule has 0 fully saturated rings. The molecule has 0 saturated carbocycles. The van der Waals surface area contributed by atoms with Gasteiger partial charge in [-0.3, -0.25) is 9.36 Å². The zero-order valence-corrected chi connectivity index (χ0v) is 18.3. The number of nitrogens with one attached hydrogen (secondary N) is 1. The summed E-state index contributed by atoms with van der Waals surface area (Å²) < 4.78 is 13.0. The van der Waals surface area contributed by atoms with Crippen LogP contribution in [0.5, 0.6) is 17.4 Å². The fourth-order valence-corrected chi connectivity index (χ4v) is 3.24. The molecule has 32 heavy (non-hydrogen) atoms. The second-order valence-corrected chi connectivity index (χ2v) is 7.46. The summed E-state index contributed by atoms with van der Waals surface area (Å²) in [4.78, 5) is 16.3. The highest BCUT2D eigenvalue weighted by Crippen LogP contribution is 2.27. The highest BCUT2D eigenvalue weighted by Gasteiger charge is 2.08. The predicted octanol–water partition coefficient (Wildman–Crippen LogP) is 5.09. The van der Waals surface area contributed by atoms with E-state index >= 15 is 0 Å². The zero-order chi connectivity index (χ0) is 22.5. The van der Waals surface area contributed by atoms with Crippen LogP contribution in [0.4, 0.5) is 5.69 Å². The van der Waals surface area contributed by atoms with Crippen LogP contribution in [0.2, 0.25) is 10.0 Å². The lowest BCUT2D eigenvalue weighted by Gasteiger charge is -2.10. The quantitative estimate of drug-likeness (QED) is 0.405. The number of aromatic nitrogens is 4. The van der Waals surface area contributed by atoms with Gasteiger partial charge in [0.2, 0.25) is 5.88 Å². The average molecular weight is 470 g/mol. The molecule has 2 aromatic heterocycles. The van der Waals surface area contributed by atoms with Crippen molar-refractivity contribution in [2.45, 2.75) is 6.92 Å². The first-order chi connectivity index (χ1) is 15.5. The van der Waals surface area contributed by atoms with Gasteiger partial charge in [0.15, 0.2) is 12.4 Å². The summed E-state index contributed by atoms with van der Waals surface area (Å²) in [6.07, 6.45) is 3.50. The van der Waals surface area contributed by atoms with Gasteiger partial charge in [-0.15, -0.1) is 10.2 Å². The van der Waals surface area contributed by atoms with Crippen molar-refractivity contribution < 1.29 is 14.3 Å². The zero-order valence-electron chi connectivity index (χ0n) is 16.8. The maximum atomic E-state index is 12.1. The SMILES string of the molecule is Cc1nccn1-c1ccc(Oc2ccc(NC(=O)COc3ccc(Cl)cc3Cl)cc2)nn1. The van der Waals surface area contributed by atoms with E-state index in [4.69, 9.17) is 32.7 Å². The number of halogens is 2. The Hall–Kier alpha value is -3.62. The molecule has 2 aromatic carbocycles. The van der Waals surface area contributed by atoms with E-state index in [1.54, 1.807) is 60.8 Å². The second-order valence-electron chi connectivity index (χ2n) is 6.61. The largest absolute Gasteiger partial charge is 0.482 e. The molecule has 1 amide bonds. The Balaban J connectivity index is 1.31. The topological polar surface area (TPSA) is 91.2 Å². The molecule has 0 bridgehead atoms. The van der Waals surface area contributed by atoms with Gasteiger partial charge in [0.1, 0.15) is 17.3 Å². The highest BCUT2D eigenvalue weighted by molar-refractivity contribution is 6.35. The van der Waals surface area contributed by atoms with E-state index in [0.717, 1.165) is 5.82 Å². The van der Waals surface area contributed by atoms with E-state index in [-0.39, 0.29) is 12.5 Å². The molecule has 0 spiro atoms. The molecule has 1 N–H and O–H groups in total. The average Bonchev–Trinajstić information content (AvgIpc) is 3.21. The predicted molar refractivity (Wildman–Crippen MR) is 121 cm³/mol. The number of carbonyl (C=O) groups excluding carboxylic acids is 1. The molecule has 8 nitrogen and oxygen atoms in total. The molecule has 0 unspecified atom stereocenters. The van der Waals surface area contributed by atoms with Crippen LogP contribution < -0.4 is 14.8 Å². The summed E-state index contributed by atoms with van der Waals surface area (Å²) in [6.45, 7) is 1.68. The van der Waals surface area contributed by atoms with Crippen molar-refractivity contribution in [3.63, 3.8) is 0 Å². The number of anilines is 1. The van der Waals surface area contributed by atoms with E-state index in [1.165, 1.54) is 0 Å². The van der Waals surface area contributed by atoms with Gasteiger partial charge in [0, 0.05) is 29.2 Å². The van der Waals surface area contributed by atoms with Gasteiger partial charge in [0.05, 0.1) is 5.02 Å². The standard InChI is InChI=1S/C22H17Cl2N5O3/c1-14-25-10-11-29(14)20-8-9-22(28-27-20)32-17-5-3-16(4-6-17)26-21(30)13-31-19-7-2-15(23)12-18(19)24/h2-12H,13H2,1H3,(H,26,30). The molecule has 0 atom stereocenters. The van der Waals surface area contributed by atoms with Crippen LogP contribution in [0.25, 0.3) is 5.82 Å². The first kappa shape index (κ1) is 21.6. The molecule has 2 heterocycles. The van der Waals surface area contributed by atoms with E-state index < -0.39 is 0 Å². The first-order valence-electron chi connectivity index (χ1n) is 9.47. The van der Waals surface area contributed by atoms with Crippen molar-refractivity contribution in [2.24, 2.45) is 0 Å². The van der Waals surface area contributed by atoms with Crippen molar-refractivity contribution in [2.75, 3.05) is 11.9 Å². The Morgan fingerprint density at radius 2 is 1.88 bits per heavy atom. The minimum absolute atomic E-state index is 0.196. The summed E-state index contributed by atoms with van der Waals surface area (Å²) in [6, 6.07) is 15.1. The monoisotopic (exact) mass is 469 g/mol. The summed E-state index contributed by atoms with van der Waals surface area (Å²) >= 11 is 11.9. The van der Waals surface area contributed by atoms with Crippen LogP contribution >= 0.6 is 23.2 Å². The number of rotatable bonds is 7. The Morgan fingerprint density at radius 1 is 1.06 bits per heavy atom. The molecule has 0 saturated heterocycles. The van der Waals surface area contributed by atoms with Gasteiger partial charge >= 0.3 is 0 Å². The van der Waals surface area contributed by atoms with Gasteiger partial charge in [0.25, 0.3) is 5.91 Å². The minimum atomic E-state index is -0.332. The van der Waals surface area contributed by atoms with E-state index in [1.807, 2.05) is 17.7 Å². The van der Waals surface area contributed by atoms with Gasteiger partial charge < -0.3 is 14.8 Å². The number of ether oxygens (including phenoxy) is 2. The molecule has 0 aliphatic heterocycles. The Morgan fingerprint density at radius 3 is 2.53 bits per heavy atom. The van der Waals surface area contributed by atoms with E-state index in [0.29, 0.717) is 38.9 Å². The summed E-state index contributed by atoms with van der Waals surface area (Å²) in [5.74, 6) is 2.40. The first-order valence-corrected chi connectivity index (χ1v) is 10.2. The molecule has 4 aromatic rings. The molecule has 0 aliphatic rings. The van der Waals surface area contributed by atoms with Gasteiger partial charge in [-0.2, -0.15) is 0 Å². The van der Waals surface area contributed by atoms with Crippen LogP contribution in [0.1, 0.15) is 5.82 Å². The third-order valence-corrected chi connectivity index (χ3v) is 4.84. The molecular formula is C22H17Cl2N5O3. The third kappa shape index (κ3) is 5.35. The number of hydrogen-bond donors (Lipinski definition) is 1. The normalized spacial score (nSPS) is 10.6. The number of amides is 1. The molecule has 10 heteroatoms. The minimum Gasteiger partial charge on any atom is -0.482 e. The second kappa shape index (κ2) is 9.67. The summed E-state index contributed by atoms with van der Waals surface area (Å²) in [7, 11) is 0. The Bertz CT molecular complexity index is 1230. The number of benzene rings is 2. The van der Waals surface area contributed by atoms with Crippen molar-refractivity contribution in [1.82, 2.24) is 19.7 Å². The number of nitrogens with zero attached hydrogens (tertiary/aromatic N) is 4. The molecule has 0 aliphatic carbocycles. The van der Waals surface area contributed by atoms with Crippen LogP contribution in [-0.4, -0.2) is 32.3 Å². The van der Waals surface area contributed by atoms with Crippen molar-refractivity contribution in [1.29, 1.82) is 0 Å². The maximum absolute atomic E-state index is 12.1. The molecule has 162 valence electrons. The van der Waals surface area contributed by atoms with Crippen LogP contribution in [0.15, 0.2) is 67.0 Å².